The summed E-state index contributed by atoms with van der Waals surface area (Å²) in [6, 6.07) is 10.2. The standard InChI is InChI=1S/C17H20F2N2/c1-11-3-4-12(2)14(7-11)10-15(21-20)8-13-5-6-16(18)17(19)9-13/h3-7,9,15,21H,8,10,20H2,1-2H3. The Bertz CT molecular complexity index is 626. The van der Waals surface area contributed by atoms with Crippen molar-refractivity contribution in [3.63, 3.8) is 0 Å². The number of hydrogen-bond acceptors (Lipinski definition) is 2. The van der Waals surface area contributed by atoms with E-state index in [2.05, 4.69) is 30.5 Å². The topological polar surface area (TPSA) is 38.0 Å². The molecule has 2 rings (SSSR count). The van der Waals surface area contributed by atoms with Crippen LogP contribution >= 0.6 is 0 Å². The second-order valence-corrected chi connectivity index (χ2v) is 5.45. The van der Waals surface area contributed by atoms with Gasteiger partial charge in [-0.25, -0.2) is 8.78 Å². The monoisotopic (exact) mass is 290 g/mol. The van der Waals surface area contributed by atoms with E-state index in [1.165, 1.54) is 22.8 Å². The molecule has 2 nitrogen and oxygen atoms in total. The molecule has 3 N–H and O–H groups in total. The Kier molecular flexibility index (Phi) is 5.04. The van der Waals surface area contributed by atoms with Crippen LogP contribution in [0.5, 0.6) is 0 Å². The summed E-state index contributed by atoms with van der Waals surface area (Å²) < 4.78 is 26.2. The van der Waals surface area contributed by atoms with Crippen LogP contribution in [0.1, 0.15) is 22.3 Å². The molecule has 0 aliphatic heterocycles. The molecule has 0 saturated heterocycles. The zero-order valence-corrected chi connectivity index (χ0v) is 12.3. The first-order chi connectivity index (χ1) is 9.99. The van der Waals surface area contributed by atoms with Gasteiger partial charge in [0.1, 0.15) is 0 Å². The first-order valence-electron chi connectivity index (χ1n) is 6.95. The van der Waals surface area contributed by atoms with E-state index in [4.69, 9.17) is 5.84 Å². The Labute approximate surface area is 124 Å². The number of halogens is 2. The van der Waals surface area contributed by atoms with E-state index < -0.39 is 11.6 Å². The molecule has 0 fully saturated rings. The van der Waals surface area contributed by atoms with Gasteiger partial charge in [-0.1, -0.05) is 29.8 Å². The Morgan fingerprint density at radius 1 is 1.00 bits per heavy atom. The fraction of sp³-hybridized carbons (Fsp3) is 0.294. The Balaban J connectivity index is 2.12. The van der Waals surface area contributed by atoms with Crippen molar-refractivity contribution in [2.24, 2.45) is 5.84 Å². The normalized spacial score (nSPS) is 12.4. The second kappa shape index (κ2) is 6.78. The summed E-state index contributed by atoms with van der Waals surface area (Å²) in [5.74, 6) is 3.95. The van der Waals surface area contributed by atoms with E-state index in [9.17, 15) is 8.78 Å². The van der Waals surface area contributed by atoms with Gasteiger partial charge < -0.3 is 0 Å². The predicted octanol–water partition coefficient (Wildman–Crippen LogP) is 3.20. The third-order valence-corrected chi connectivity index (χ3v) is 3.67. The molecule has 2 aromatic carbocycles. The average Bonchev–Trinajstić information content (AvgIpc) is 2.46. The summed E-state index contributed by atoms with van der Waals surface area (Å²) in [7, 11) is 0. The lowest BCUT2D eigenvalue weighted by molar-refractivity contribution is 0.498. The highest BCUT2D eigenvalue weighted by atomic mass is 19.2. The van der Waals surface area contributed by atoms with Crippen molar-refractivity contribution in [1.82, 2.24) is 5.43 Å². The maximum Gasteiger partial charge on any atom is 0.159 e. The van der Waals surface area contributed by atoms with Gasteiger partial charge >= 0.3 is 0 Å². The van der Waals surface area contributed by atoms with Crippen molar-refractivity contribution in [3.8, 4) is 0 Å². The Morgan fingerprint density at radius 2 is 1.76 bits per heavy atom. The van der Waals surface area contributed by atoms with Crippen molar-refractivity contribution in [2.45, 2.75) is 32.7 Å². The van der Waals surface area contributed by atoms with Crippen LogP contribution in [0.4, 0.5) is 8.78 Å². The molecule has 2 aromatic rings. The first-order valence-corrected chi connectivity index (χ1v) is 6.95. The number of benzene rings is 2. The molecule has 0 radical (unpaired) electrons. The highest BCUT2D eigenvalue weighted by molar-refractivity contribution is 5.31. The minimum absolute atomic E-state index is 0.0321. The van der Waals surface area contributed by atoms with E-state index in [0.29, 0.717) is 6.42 Å². The number of hydrogen-bond donors (Lipinski definition) is 2. The molecular weight excluding hydrogens is 270 g/mol. The summed E-state index contributed by atoms with van der Waals surface area (Å²) in [5.41, 5.74) is 7.09. The van der Waals surface area contributed by atoms with E-state index >= 15 is 0 Å². The van der Waals surface area contributed by atoms with Crippen LogP contribution in [-0.4, -0.2) is 6.04 Å². The maximum absolute atomic E-state index is 13.3. The SMILES string of the molecule is Cc1ccc(C)c(CC(Cc2ccc(F)c(F)c2)NN)c1. The van der Waals surface area contributed by atoms with Gasteiger partial charge in [-0.3, -0.25) is 11.3 Å². The first kappa shape index (κ1) is 15.6. The van der Waals surface area contributed by atoms with Gasteiger partial charge in [0.2, 0.25) is 0 Å². The molecule has 0 heterocycles. The summed E-state index contributed by atoms with van der Waals surface area (Å²) in [6.45, 7) is 4.10. The van der Waals surface area contributed by atoms with Crippen LogP contribution in [0.15, 0.2) is 36.4 Å². The highest BCUT2D eigenvalue weighted by Crippen LogP contribution is 2.16. The average molecular weight is 290 g/mol. The van der Waals surface area contributed by atoms with Gasteiger partial charge in [-0.15, -0.1) is 0 Å². The number of rotatable bonds is 5. The fourth-order valence-corrected chi connectivity index (χ4v) is 2.43. The number of nitrogens with one attached hydrogen (secondary N) is 1. The molecule has 21 heavy (non-hydrogen) atoms. The van der Waals surface area contributed by atoms with E-state index in [0.717, 1.165) is 18.1 Å². The zero-order chi connectivity index (χ0) is 15.4. The number of nitrogens with two attached hydrogens (primary N) is 1. The van der Waals surface area contributed by atoms with Gasteiger partial charge in [-0.05, 0) is 55.5 Å². The molecule has 112 valence electrons. The third-order valence-electron chi connectivity index (χ3n) is 3.67. The van der Waals surface area contributed by atoms with Crippen molar-refractivity contribution >= 4 is 0 Å². The molecule has 0 bridgehead atoms. The van der Waals surface area contributed by atoms with Gasteiger partial charge in [0, 0.05) is 6.04 Å². The smallest absolute Gasteiger partial charge is 0.159 e. The lowest BCUT2D eigenvalue weighted by Crippen LogP contribution is -2.38. The molecule has 0 aromatic heterocycles. The molecule has 4 heteroatoms. The zero-order valence-electron chi connectivity index (χ0n) is 12.3. The summed E-state index contributed by atoms with van der Waals surface area (Å²) in [5, 5.41) is 0. The Hall–Kier alpha value is -1.78. The molecular formula is C17H20F2N2. The van der Waals surface area contributed by atoms with E-state index in [-0.39, 0.29) is 6.04 Å². The van der Waals surface area contributed by atoms with Crippen molar-refractivity contribution < 1.29 is 8.78 Å². The van der Waals surface area contributed by atoms with Crippen LogP contribution < -0.4 is 11.3 Å². The van der Waals surface area contributed by atoms with Crippen LogP contribution in [0, 0.1) is 25.5 Å². The van der Waals surface area contributed by atoms with E-state index in [1.807, 2.05) is 6.92 Å². The summed E-state index contributed by atoms with van der Waals surface area (Å²) in [4.78, 5) is 0. The van der Waals surface area contributed by atoms with Crippen LogP contribution in [-0.2, 0) is 12.8 Å². The van der Waals surface area contributed by atoms with Gasteiger partial charge in [0.15, 0.2) is 11.6 Å². The second-order valence-electron chi connectivity index (χ2n) is 5.45. The fourth-order valence-electron chi connectivity index (χ4n) is 2.43. The molecule has 0 amide bonds. The van der Waals surface area contributed by atoms with Gasteiger partial charge in [-0.2, -0.15) is 0 Å². The summed E-state index contributed by atoms with van der Waals surface area (Å²) >= 11 is 0. The van der Waals surface area contributed by atoms with E-state index in [1.54, 1.807) is 6.07 Å². The largest absolute Gasteiger partial charge is 0.271 e. The van der Waals surface area contributed by atoms with Gasteiger partial charge in [0.25, 0.3) is 0 Å². The molecule has 0 spiro atoms. The predicted molar refractivity (Wildman–Crippen MR) is 80.8 cm³/mol. The molecule has 1 atom stereocenters. The third kappa shape index (κ3) is 4.09. The minimum Gasteiger partial charge on any atom is -0.271 e. The summed E-state index contributed by atoms with van der Waals surface area (Å²) in [6.07, 6.45) is 1.28. The van der Waals surface area contributed by atoms with Crippen molar-refractivity contribution in [2.75, 3.05) is 0 Å². The maximum atomic E-state index is 13.3. The van der Waals surface area contributed by atoms with Crippen LogP contribution in [0.25, 0.3) is 0 Å². The Morgan fingerprint density at radius 3 is 2.43 bits per heavy atom. The minimum atomic E-state index is -0.828. The van der Waals surface area contributed by atoms with Crippen molar-refractivity contribution in [3.05, 3.63) is 70.3 Å². The molecule has 1 unspecified atom stereocenters. The molecule has 0 aliphatic rings. The lowest BCUT2D eigenvalue weighted by atomic mass is 9.95. The molecule has 0 aliphatic carbocycles. The van der Waals surface area contributed by atoms with Crippen molar-refractivity contribution in [1.29, 1.82) is 0 Å². The molecule has 0 saturated carbocycles. The number of hydrazine groups is 1. The van der Waals surface area contributed by atoms with Crippen LogP contribution in [0.3, 0.4) is 0 Å². The number of aryl methyl sites for hydroxylation is 2. The highest BCUT2D eigenvalue weighted by Gasteiger charge is 2.12. The lowest BCUT2D eigenvalue weighted by Gasteiger charge is -2.18. The van der Waals surface area contributed by atoms with Gasteiger partial charge in [0.05, 0.1) is 0 Å². The quantitative estimate of drug-likeness (QED) is 0.655. The van der Waals surface area contributed by atoms with Crippen LogP contribution in [0.2, 0.25) is 0 Å².